The zero-order chi connectivity index (χ0) is 14.1. The van der Waals surface area contributed by atoms with Gasteiger partial charge in [-0.25, -0.2) is 4.98 Å². The second kappa shape index (κ2) is 5.18. The smallest absolute Gasteiger partial charge is 0.258 e. The Kier molecular flexibility index (Phi) is 3.37. The largest absolute Gasteiger partial charge is 0.341 e. The molecule has 100 valence electrons. The van der Waals surface area contributed by atoms with Gasteiger partial charge in [0, 0.05) is 10.0 Å². The first-order valence-corrected chi connectivity index (χ1v) is 6.74. The van der Waals surface area contributed by atoms with E-state index in [1.165, 1.54) is 6.33 Å². The van der Waals surface area contributed by atoms with E-state index in [4.69, 9.17) is 11.6 Å². The highest BCUT2D eigenvalue weighted by atomic mass is 79.9. The number of imidazole rings is 1. The number of amides is 1. The van der Waals surface area contributed by atoms with Crippen LogP contribution in [0.15, 0.2) is 35.1 Å². The Labute approximate surface area is 126 Å². The molecule has 2 aromatic heterocycles. The van der Waals surface area contributed by atoms with Gasteiger partial charge in [0.25, 0.3) is 5.91 Å². The maximum atomic E-state index is 12.0. The van der Waals surface area contributed by atoms with Crippen LogP contribution in [0.5, 0.6) is 0 Å². The van der Waals surface area contributed by atoms with E-state index in [1.807, 2.05) is 0 Å². The summed E-state index contributed by atoms with van der Waals surface area (Å²) in [5.41, 5.74) is 1.43. The minimum absolute atomic E-state index is 0.113. The summed E-state index contributed by atoms with van der Waals surface area (Å²) in [5, 5.41) is 2.79. The van der Waals surface area contributed by atoms with Crippen molar-refractivity contribution < 1.29 is 4.79 Å². The van der Waals surface area contributed by atoms with Crippen molar-refractivity contribution in [1.82, 2.24) is 19.9 Å². The highest BCUT2D eigenvalue weighted by Crippen LogP contribution is 2.18. The molecule has 20 heavy (non-hydrogen) atoms. The molecule has 0 aliphatic heterocycles. The van der Waals surface area contributed by atoms with Crippen molar-refractivity contribution in [2.75, 3.05) is 5.32 Å². The lowest BCUT2D eigenvalue weighted by Crippen LogP contribution is -2.14. The molecule has 0 radical (unpaired) electrons. The van der Waals surface area contributed by atoms with Crippen molar-refractivity contribution in [2.24, 2.45) is 0 Å². The van der Waals surface area contributed by atoms with Crippen LogP contribution in [0.25, 0.3) is 11.2 Å². The zero-order valence-electron chi connectivity index (χ0n) is 9.89. The molecule has 6 nitrogen and oxygen atoms in total. The van der Waals surface area contributed by atoms with E-state index in [0.717, 1.165) is 4.47 Å². The van der Waals surface area contributed by atoms with Gasteiger partial charge in [0.2, 0.25) is 5.95 Å². The van der Waals surface area contributed by atoms with E-state index in [-0.39, 0.29) is 17.0 Å². The molecule has 2 heterocycles. The van der Waals surface area contributed by atoms with Gasteiger partial charge in [-0.1, -0.05) is 27.5 Å². The summed E-state index contributed by atoms with van der Waals surface area (Å²) in [5.74, 6) is -0.203. The van der Waals surface area contributed by atoms with E-state index in [2.05, 4.69) is 41.2 Å². The number of nitrogens with one attached hydrogen (secondary N) is 2. The Morgan fingerprint density at radius 3 is 2.75 bits per heavy atom. The molecule has 0 unspecified atom stereocenters. The number of benzene rings is 1. The lowest BCUT2D eigenvalue weighted by Gasteiger charge is -2.04. The standard InChI is InChI=1S/C12H7BrClN5O/c13-7-3-1-6(2-4-7)11(20)19-12-17-9(14)8-10(18-12)16-5-15-8/h1-5H,(H2,15,16,17,18,19,20). The van der Waals surface area contributed by atoms with Gasteiger partial charge in [0.05, 0.1) is 6.33 Å². The fourth-order valence-corrected chi connectivity index (χ4v) is 2.11. The molecular weight excluding hydrogens is 346 g/mol. The summed E-state index contributed by atoms with van der Waals surface area (Å²) >= 11 is 9.28. The first kappa shape index (κ1) is 13.0. The molecular formula is C12H7BrClN5O. The normalized spacial score (nSPS) is 10.7. The number of carbonyl (C=O) groups is 1. The van der Waals surface area contributed by atoms with Gasteiger partial charge in [-0.3, -0.25) is 10.1 Å². The lowest BCUT2D eigenvalue weighted by atomic mass is 10.2. The summed E-state index contributed by atoms with van der Waals surface area (Å²) in [6.45, 7) is 0. The fraction of sp³-hybridized carbons (Fsp3) is 0. The quantitative estimate of drug-likeness (QED) is 0.694. The van der Waals surface area contributed by atoms with E-state index < -0.39 is 0 Å². The van der Waals surface area contributed by atoms with Crippen LogP contribution in [-0.4, -0.2) is 25.8 Å². The van der Waals surface area contributed by atoms with Crippen molar-refractivity contribution >= 4 is 50.6 Å². The molecule has 0 saturated carbocycles. The second-order valence-corrected chi connectivity index (χ2v) is 5.17. The number of aromatic nitrogens is 4. The minimum Gasteiger partial charge on any atom is -0.341 e. The lowest BCUT2D eigenvalue weighted by molar-refractivity contribution is 0.102. The molecule has 0 spiro atoms. The van der Waals surface area contributed by atoms with Gasteiger partial charge < -0.3 is 4.98 Å². The van der Waals surface area contributed by atoms with Gasteiger partial charge >= 0.3 is 0 Å². The van der Waals surface area contributed by atoms with Crippen LogP contribution in [0.4, 0.5) is 5.95 Å². The molecule has 0 bridgehead atoms. The van der Waals surface area contributed by atoms with Gasteiger partial charge in [-0.2, -0.15) is 9.97 Å². The van der Waals surface area contributed by atoms with Crippen LogP contribution in [0.2, 0.25) is 5.15 Å². The number of nitrogens with zero attached hydrogens (tertiary/aromatic N) is 3. The maximum absolute atomic E-state index is 12.0. The Hall–Kier alpha value is -1.99. The highest BCUT2D eigenvalue weighted by Gasteiger charge is 2.11. The van der Waals surface area contributed by atoms with Crippen molar-refractivity contribution in [3.05, 3.63) is 45.8 Å². The first-order valence-electron chi connectivity index (χ1n) is 5.57. The van der Waals surface area contributed by atoms with Crippen LogP contribution >= 0.6 is 27.5 Å². The first-order chi connectivity index (χ1) is 9.63. The number of anilines is 1. The van der Waals surface area contributed by atoms with Gasteiger partial charge in [0.15, 0.2) is 10.8 Å². The second-order valence-electron chi connectivity index (χ2n) is 3.90. The number of aromatic amines is 1. The Morgan fingerprint density at radius 2 is 2.00 bits per heavy atom. The number of halogens is 2. The summed E-state index contributed by atoms with van der Waals surface area (Å²) in [6, 6.07) is 6.93. The van der Waals surface area contributed by atoms with Crippen LogP contribution in [0, 0.1) is 0 Å². The third-order valence-electron chi connectivity index (χ3n) is 2.57. The molecule has 3 rings (SSSR count). The van der Waals surface area contributed by atoms with Gasteiger partial charge in [0.1, 0.15) is 5.52 Å². The monoisotopic (exact) mass is 351 g/mol. The molecule has 0 aliphatic rings. The number of fused-ring (bicyclic) bond motifs is 1. The van der Waals surface area contributed by atoms with Gasteiger partial charge in [-0.15, -0.1) is 0 Å². The van der Waals surface area contributed by atoms with Gasteiger partial charge in [-0.05, 0) is 24.3 Å². The summed E-state index contributed by atoms with van der Waals surface area (Å²) in [4.78, 5) is 26.9. The van der Waals surface area contributed by atoms with E-state index in [9.17, 15) is 4.79 Å². The topological polar surface area (TPSA) is 83.6 Å². The Morgan fingerprint density at radius 1 is 1.25 bits per heavy atom. The Balaban J connectivity index is 1.88. The van der Waals surface area contributed by atoms with Crippen LogP contribution < -0.4 is 5.32 Å². The van der Waals surface area contributed by atoms with Crippen LogP contribution in [-0.2, 0) is 0 Å². The predicted octanol–water partition coefficient (Wildman–Crippen LogP) is 3.02. The summed E-state index contributed by atoms with van der Waals surface area (Å²) < 4.78 is 0.895. The van der Waals surface area contributed by atoms with E-state index in [1.54, 1.807) is 24.3 Å². The number of hydrogen-bond donors (Lipinski definition) is 2. The molecule has 1 aromatic carbocycles. The summed E-state index contributed by atoms with van der Waals surface area (Å²) in [7, 11) is 0. The predicted molar refractivity (Wildman–Crippen MR) is 78.8 cm³/mol. The van der Waals surface area contributed by atoms with E-state index >= 15 is 0 Å². The van der Waals surface area contributed by atoms with Crippen molar-refractivity contribution in [1.29, 1.82) is 0 Å². The van der Waals surface area contributed by atoms with Crippen LogP contribution in [0.1, 0.15) is 10.4 Å². The molecule has 8 heteroatoms. The molecule has 3 aromatic rings. The molecule has 0 saturated heterocycles. The van der Waals surface area contributed by atoms with E-state index in [0.29, 0.717) is 16.7 Å². The molecule has 1 amide bonds. The third-order valence-corrected chi connectivity index (χ3v) is 3.38. The van der Waals surface area contributed by atoms with Crippen LogP contribution in [0.3, 0.4) is 0 Å². The SMILES string of the molecule is O=C(Nc1nc(Cl)c2[nH]cnc2n1)c1ccc(Br)cc1. The fourth-order valence-electron chi connectivity index (χ4n) is 1.63. The van der Waals surface area contributed by atoms with Crippen molar-refractivity contribution in [2.45, 2.75) is 0 Å². The third kappa shape index (κ3) is 2.50. The Bertz CT molecular complexity index is 786. The summed E-state index contributed by atoms with van der Waals surface area (Å²) in [6.07, 6.45) is 1.46. The molecule has 0 fully saturated rings. The van der Waals surface area contributed by atoms with Crippen molar-refractivity contribution in [3.8, 4) is 0 Å². The zero-order valence-corrected chi connectivity index (χ0v) is 12.2. The number of hydrogen-bond acceptors (Lipinski definition) is 4. The number of rotatable bonds is 2. The maximum Gasteiger partial charge on any atom is 0.258 e. The average molecular weight is 353 g/mol. The average Bonchev–Trinajstić information content (AvgIpc) is 2.88. The number of carbonyl (C=O) groups excluding carboxylic acids is 1. The molecule has 2 N–H and O–H groups in total. The molecule has 0 aliphatic carbocycles. The highest BCUT2D eigenvalue weighted by molar-refractivity contribution is 9.10. The minimum atomic E-state index is -0.316. The van der Waals surface area contributed by atoms with Crippen molar-refractivity contribution in [3.63, 3.8) is 0 Å². The number of H-pyrrole nitrogens is 1. The molecule has 0 atom stereocenters.